The van der Waals surface area contributed by atoms with Crippen molar-refractivity contribution in [2.24, 2.45) is 23.6 Å². The Morgan fingerprint density at radius 1 is 1.53 bits per heavy atom. The molecule has 2 saturated carbocycles. The number of nitrogens with two attached hydrogens (primary N) is 1. The number of hydrogen-bond acceptors (Lipinski definition) is 3. The van der Waals surface area contributed by atoms with Gasteiger partial charge in [0.15, 0.2) is 0 Å². The number of nitrogens with one attached hydrogen (secondary N) is 1. The van der Waals surface area contributed by atoms with Gasteiger partial charge in [-0.1, -0.05) is 6.42 Å². The molecule has 4 nitrogen and oxygen atoms in total. The molecule has 2 bridgehead atoms. The first-order chi connectivity index (χ1) is 8.33. The molecule has 94 valence electrons. The van der Waals surface area contributed by atoms with Crippen molar-refractivity contribution in [2.45, 2.75) is 45.2 Å². The van der Waals surface area contributed by atoms with Crippen LogP contribution in [0.25, 0.3) is 0 Å². The van der Waals surface area contributed by atoms with Crippen molar-refractivity contribution < 1.29 is 0 Å². The monoisotopic (exact) mass is 234 g/mol. The van der Waals surface area contributed by atoms with E-state index in [1.165, 1.54) is 31.4 Å². The first-order valence-corrected chi connectivity index (χ1v) is 6.81. The van der Waals surface area contributed by atoms with Crippen LogP contribution in [0, 0.1) is 17.8 Å². The Morgan fingerprint density at radius 3 is 3.00 bits per heavy atom. The fraction of sp³-hybridized carbons (Fsp3) is 0.769. The summed E-state index contributed by atoms with van der Waals surface area (Å²) in [7, 11) is 0. The fourth-order valence-corrected chi connectivity index (χ4v) is 4.00. The summed E-state index contributed by atoms with van der Waals surface area (Å²) in [5.41, 5.74) is 4.30. The Bertz CT molecular complexity index is 387. The van der Waals surface area contributed by atoms with E-state index in [1.54, 1.807) is 0 Å². The van der Waals surface area contributed by atoms with Gasteiger partial charge in [0, 0.05) is 12.7 Å². The molecular formula is C13H22N4. The van der Waals surface area contributed by atoms with Crippen molar-refractivity contribution in [3.05, 3.63) is 18.0 Å². The SMILES string of the molecule is CCn1nccc1C(NN)C1CC2CCC1C2. The lowest BCUT2D eigenvalue weighted by Crippen LogP contribution is -2.37. The second-order valence-corrected chi connectivity index (χ2v) is 5.55. The van der Waals surface area contributed by atoms with Crippen LogP contribution in [0.15, 0.2) is 12.3 Å². The minimum Gasteiger partial charge on any atom is -0.271 e. The molecule has 3 rings (SSSR count). The van der Waals surface area contributed by atoms with Crippen LogP contribution < -0.4 is 11.3 Å². The molecular weight excluding hydrogens is 212 g/mol. The zero-order valence-corrected chi connectivity index (χ0v) is 10.5. The Labute approximate surface area is 103 Å². The highest BCUT2D eigenvalue weighted by atomic mass is 15.3. The molecule has 4 atom stereocenters. The van der Waals surface area contributed by atoms with Crippen LogP contribution in [-0.2, 0) is 6.54 Å². The Hall–Kier alpha value is -0.870. The third kappa shape index (κ3) is 1.79. The molecule has 1 heterocycles. The third-order valence-electron chi connectivity index (χ3n) is 4.77. The van der Waals surface area contributed by atoms with Gasteiger partial charge >= 0.3 is 0 Å². The molecule has 2 fully saturated rings. The number of aromatic nitrogens is 2. The molecule has 4 heteroatoms. The summed E-state index contributed by atoms with van der Waals surface area (Å²) in [6.45, 7) is 3.05. The topological polar surface area (TPSA) is 55.9 Å². The molecule has 1 aromatic rings. The van der Waals surface area contributed by atoms with Crippen LogP contribution in [0.4, 0.5) is 0 Å². The van der Waals surface area contributed by atoms with Crippen LogP contribution in [0.2, 0.25) is 0 Å². The van der Waals surface area contributed by atoms with Crippen molar-refractivity contribution in [1.29, 1.82) is 0 Å². The van der Waals surface area contributed by atoms with Gasteiger partial charge in [0.1, 0.15) is 0 Å². The summed E-state index contributed by atoms with van der Waals surface area (Å²) in [4.78, 5) is 0. The van der Waals surface area contributed by atoms with E-state index < -0.39 is 0 Å². The van der Waals surface area contributed by atoms with E-state index in [1.807, 2.05) is 6.20 Å². The molecule has 0 saturated heterocycles. The molecule has 0 aromatic carbocycles. The van der Waals surface area contributed by atoms with Gasteiger partial charge in [0.25, 0.3) is 0 Å². The van der Waals surface area contributed by atoms with Crippen LogP contribution in [0.1, 0.15) is 44.3 Å². The molecule has 2 aliphatic rings. The van der Waals surface area contributed by atoms with Crippen LogP contribution in [0.3, 0.4) is 0 Å². The quantitative estimate of drug-likeness (QED) is 0.617. The standard InChI is InChI=1S/C13H22N4/c1-2-17-12(5-6-15-17)13(16-14)11-8-9-3-4-10(11)7-9/h5-6,9-11,13,16H,2-4,7-8,14H2,1H3. The number of hydrogen-bond donors (Lipinski definition) is 2. The normalized spacial score (nSPS) is 33.2. The summed E-state index contributed by atoms with van der Waals surface area (Å²) in [5.74, 6) is 8.35. The van der Waals surface area contributed by atoms with Gasteiger partial charge in [0.05, 0.1) is 11.7 Å². The van der Waals surface area contributed by atoms with Crippen LogP contribution >= 0.6 is 0 Å². The summed E-state index contributed by atoms with van der Waals surface area (Å²) < 4.78 is 2.07. The number of aryl methyl sites for hydroxylation is 1. The first-order valence-electron chi connectivity index (χ1n) is 6.81. The highest BCUT2D eigenvalue weighted by molar-refractivity contribution is 5.11. The Morgan fingerprint density at radius 2 is 2.41 bits per heavy atom. The first kappa shape index (κ1) is 11.2. The minimum atomic E-state index is 0.285. The molecule has 0 spiro atoms. The van der Waals surface area contributed by atoms with E-state index in [0.717, 1.165) is 18.4 Å². The summed E-state index contributed by atoms with van der Waals surface area (Å²) >= 11 is 0. The van der Waals surface area contributed by atoms with Crippen molar-refractivity contribution in [2.75, 3.05) is 0 Å². The lowest BCUT2D eigenvalue weighted by atomic mass is 9.82. The predicted molar refractivity (Wildman–Crippen MR) is 66.9 cm³/mol. The van der Waals surface area contributed by atoms with E-state index >= 15 is 0 Å². The maximum atomic E-state index is 5.81. The molecule has 1 aromatic heterocycles. The largest absolute Gasteiger partial charge is 0.271 e. The Kier molecular flexibility index (Phi) is 2.92. The molecule has 4 unspecified atom stereocenters. The van der Waals surface area contributed by atoms with Gasteiger partial charge in [-0.05, 0) is 50.0 Å². The van der Waals surface area contributed by atoms with Crippen molar-refractivity contribution >= 4 is 0 Å². The lowest BCUT2D eigenvalue weighted by molar-refractivity contribution is 0.242. The van der Waals surface area contributed by atoms with Crippen molar-refractivity contribution in [3.8, 4) is 0 Å². The third-order valence-corrected chi connectivity index (χ3v) is 4.77. The number of hydrazine groups is 1. The molecule has 3 N–H and O–H groups in total. The molecule has 0 radical (unpaired) electrons. The molecule has 0 aliphatic heterocycles. The van der Waals surface area contributed by atoms with Gasteiger partial charge in [-0.3, -0.25) is 16.0 Å². The summed E-state index contributed by atoms with van der Waals surface area (Å²) in [5, 5.41) is 4.36. The van der Waals surface area contributed by atoms with Gasteiger partial charge in [0.2, 0.25) is 0 Å². The number of nitrogens with zero attached hydrogens (tertiary/aromatic N) is 2. The Balaban J connectivity index is 1.84. The van der Waals surface area contributed by atoms with Crippen LogP contribution in [0.5, 0.6) is 0 Å². The maximum absolute atomic E-state index is 5.81. The van der Waals surface area contributed by atoms with Crippen LogP contribution in [-0.4, -0.2) is 9.78 Å². The summed E-state index contributed by atoms with van der Waals surface area (Å²) in [6, 6.07) is 2.40. The van der Waals surface area contributed by atoms with E-state index in [9.17, 15) is 0 Å². The van der Waals surface area contributed by atoms with E-state index in [-0.39, 0.29) is 6.04 Å². The average molecular weight is 234 g/mol. The number of rotatable bonds is 4. The molecule has 2 aliphatic carbocycles. The van der Waals surface area contributed by atoms with Gasteiger partial charge in [-0.15, -0.1) is 0 Å². The van der Waals surface area contributed by atoms with E-state index in [4.69, 9.17) is 5.84 Å². The zero-order chi connectivity index (χ0) is 11.8. The van der Waals surface area contributed by atoms with Crippen molar-refractivity contribution in [3.63, 3.8) is 0 Å². The van der Waals surface area contributed by atoms with Gasteiger partial charge < -0.3 is 0 Å². The van der Waals surface area contributed by atoms with Gasteiger partial charge in [-0.25, -0.2) is 0 Å². The average Bonchev–Trinajstić information content (AvgIpc) is 3.05. The van der Waals surface area contributed by atoms with Crippen molar-refractivity contribution in [1.82, 2.24) is 15.2 Å². The van der Waals surface area contributed by atoms with E-state index in [2.05, 4.69) is 28.2 Å². The second kappa shape index (κ2) is 4.42. The lowest BCUT2D eigenvalue weighted by Gasteiger charge is -2.30. The van der Waals surface area contributed by atoms with Gasteiger partial charge in [-0.2, -0.15) is 5.10 Å². The second-order valence-electron chi connectivity index (χ2n) is 5.55. The highest BCUT2D eigenvalue weighted by Crippen LogP contribution is 2.52. The highest BCUT2D eigenvalue weighted by Gasteiger charge is 2.43. The molecule has 17 heavy (non-hydrogen) atoms. The molecule has 0 amide bonds. The zero-order valence-electron chi connectivity index (χ0n) is 10.5. The minimum absolute atomic E-state index is 0.285. The fourth-order valence-electron chi connectivity index (χ4n) is 4.00. The van der Waals surface area contributed by atoms with E-state index in [0.29, 0.717) is 5.92 Å². The maximum Gasteiger partial charge on any atom is 0.0659 e. The smallest absolute Gasteiger partial charge is 0.0659 e. The predicted octanol–water partition coefficient (Wildman–Crippen LogP) is 1.84. The summed E-state index contributed by atoms with van der Waals surface area (Å²) in [6.07, 6.45) is 7.48. The number of fused-ring (bicyclic) bond motifs is 2.